The molecule has 1 nitrogen and oxygen atoms in total. The zero-order chi connectivity index (χ0) is 9.14. The van der Waals surface area contributed by atoms with E-state index in [4.69, 9.17) is 16.9 Å². The van der Waals surface area contributed by atoms with Gasteiger partial charge in [0.1, 0.15) is 6.07 Å². The number of halogens is 3. The highest BCUT2D eigenvalue weighted by Gasteiger charge is 2.09. The highest BCUT2D eigenvalue weighted by Crippen LogP contribution is 2.15. The highest BCUT2D eigenvalue weighted by atomic mass is 35.5. The first-order chi connectivity index (χ1) is 5.69. The number of benzene rings is 1. The summed E-state index contributed by atoms with van der Waals surface area (Å²) in [6, 6.07) is 3.74. The summed E-state index contributed by atoms with van der Waals surface area (Å²) in [7, 11) is 0. The van der Waals surface area contributed by atoms with Crippen LogP contribution < -0.4 is 0 Å². The number of rotatable bonds is 1. The first-order valence-corrected chi connectivity index (χ1v) is 3.66. The minimum absolute atomic E-state index is 0.0614. The van der Waals surface area contributed by atoms with E-state index in [1.807, 2.05) is 0 Å². The fourth-order valence-electron chi connectivity index (χ4n) is 0.804. The quantitative estimate of drug-likeness (QED) is 0.620. The summed E-state index contributed by atoms with van der Waals surface area (Å²) in [4.78, 5) is 0. The molecule has 1 aromatic rings. The van der Waals surface area contributed by atoms with E-state index in [0.717, 1.165) is 6.07 Å². The molecule has 0 aromatic heterocycles. The summed E-state index contributed by atoms with van der Waals surface area (Å²) >= 11 is 5.38. The van der Waals surface area contributed by atoms with Gasteiger partial charge in [-0.05, 0) is 17.7 Å². The maximum Gasteiger partial charge on any atom is 0.176 e. The topological polar surface area (TPSA) is 23.8 Å². The maximum atomic E-state index is 12.7. The summed E-state index contributed by atoms with van der Waals surface area (Å²) in [5.41, 5.74) is 0.0813. The summed E-state index contributed by atoms with van der Waals surface area (Å²) in [5.74, 6) is -2.10. The van der Waals surface area contributed by atoms with Crippen molar-refractivity contribution < 1.29 is 8.78 Å². The van der Waals surface area contributed by atoms with Crippen LogP contribution in [0.3, 0.4) is 0 Å². The molecule has 0 heterocycles. The molecule has 0 unspecified atom stereocenters. The average molecular weight is 188 g/mol. The van der Waals surface area contributed by atoms with Gasteiger partial charge in [-0.15, -0.1) is 11.6 Å². The Balaban J connectivity index is 3.31. The molecule has 0 spiro atoms. The molecule has 1 aromatic carbocycles. The van der Waals surface area contributed by atoms with Gasteiger partial charge in [-0.1, -0.05) is 0 Å². The molecule has 12 heavy (non-hydrogen) atoms. The maximum absolute atomic E-state index is 12.7. The Morgan fingerprint density at radius 1 is 1.42 bits per heavy atom. The molecule has 0 amide bonds. The Morgan fingerprint density at radius 2 is 2.08 bits per heavy atom. The smallest absolute Gasteiger partial charge is 0.176 e. The molecule has 0 radical (unpaired) electrons. The molecule has 0 bridgehead atoms. The van der Waals surface area contributed by atoms with Gasteiger partial charge >= 0.3 is 0 Å². The SMILES string of the molecule is N#Cc1cc(CCl)cc(F)c1F. The second kappa shape index (κ2) is 3.51. The van der Waals surface area contributed by atoms with Crippen LogP contribution in [0.5, 0.6) is 0 Å². The molecule has 0 saturated heterocycles. The lowest BCUT2D eigenvalue weighted by Gasteiger charge is -1.98. The summed E-state index contributed by atoms with van der Waals surface area (Å²) in [6.07, 6.45) is 0. The predicted octanol–water partition coefficient (Wildman–Crippen LogP) is 2.58. The van der Waals surface area contributed by atoms with Crippen molar-refractivity contribution in [1.82, 2.24) is 0 Å². The molecule has 1 rings (SSSR count). The number of alkyl halides is 1. The Kier molecular flexibility index (Phi) is 2.61. The zero-order valence-electron chi connectivity index (χ0n) is 5.94. The van der Waals surface area contributed by atoms with E-state index in [-0.39, 0.29) is 11.4 Å². The van der Waals surface area contributed by atoms with E-state index >= 15 is 0 Å². The third-order valence-electron chi connectivity index (χ3n) is 1.36. The highest BCUT2D eigenvalue weighted by molar-refractivity contribution is 6.17. The van der Waals surface area contributed by atoms with Crippen molar-refractivity contribution >= 4 is 11.6 Å². The van der Waals surface area contributed by atoms with Crippen molar-refractivity contribution in [3.8, 4) is 6.07 Å². The Bertz CT molecular complexity index is 344. The van der Waals surface area contributed by atoms with E-state index in [2.05, 4.69) is 0 Å². The van der Waals surface area contributed by atoms with Crippen molar-refractivity contribution in [1.29, 1.82) is 5.26 Å². The predicted molar refractivity (Wildman–Crippen MR) is 40.6 cm³/mol. The van der Waals surface area contributed by atoms with Crippen molar-refractivity contribution in [2.75, 3.05) is 0 Å². The van der Waals surface area contributed by atoms with E-state index in [9.17, 15) is 8.78 Å². The normalized spacial score (nSPS) is 9.50. The minimum atomic E-state index is -1.12. The molecule has 62 valence electrons. The van der Waals surface area contributed by atoms with Gasteiger partial charge < -0.3 is 0 Å². The van der Waals surface area contributed by atoms with Crippen LogP contribution in [-0.4, -0.2) is 0 Å². The molecule has 0 N–H and O–H groups in total. The van der Waals surface area contributed by atoms with Crippen molar-refractivity contribution in [2.45, 2.75) is 5.88 Å². The lowest BCUT2D eigenvalue weighted by Crippen LogP contribution is -1.92. The number of nitriles is 1. The van der Waals surface area contributed by atoms with Gasteiger partial charge in [-0.3, -0.25) is 0 Å². The van der Waals surface area contributed by atoms with E-state index in [1.165, 1.54) is 12.1 Å². The number of hydrogen-bond acceptors (Lipinski definition) is 1. The van der Waals surface area contributed by atoms with Gasteiger partial charge in [0.25, 0.3) is 0 Å². The fraction of sp³-hybridized carbons (Fsp3) is 0.125. The second-order valence-electron chi connectivity index (χ2n) is 2.18. The Labute approximate surface area is 73.2 Å². The Morgan fingerprint density at radius 3 is 2.58 bits per heavy atom. The average Bonchev–Trinajstić information content (AvgIpc) is 2.09. The molecular formula is C8H4ClF2N. The first-order valence-electron chi connectivity index (χ1n) is 3.13. The van der Waals surface area contributed by atoms with E-state index < -0.39 is 11.6 Å². The van der Waals surface area contributed by atoms with Crippen LogP contribution in [0.25, 0.3) is 0 Å². The second-order valence-corrected chi connectivity index (χ2v) is 2.45. The van der Waals surface area contributed by atoms with Crippen LogP contribution in [-0.2, 0) is 5.88 Å². The molecule has 4 heteroatoms. The monoisotopic (exact) mass is 187 g/mol. The largest absolute Gasteiger partial charge is 0.204 e. The van der Waals surface area contributed by atoms with Crippen LogP contribution in [0.4, 0.5) is 8.78 Å². The lowest BCUT2D eigenvalue weighted by molar-refractivity contribution is 0.505. The molecule has 0 aliphatic rings. The van der Waals surface area contributed by atoms with Gasteiger partial charge in [-0.2, -0.15) is 5.26 Å². The molecule has 0 fully saturated rings. The van der Waals surface area contributed by atoms with Crippen molar-refractivity contribution in [3.63, 3.8) is 0 Å². The molecule has 0 aliphatic heterocycles. The van der Waals surface area contributed by atoms with Crippen molar-refractivity contribution in [3.05, 3.63) is 34.9 Å². The fourth-order valence-corrected chi connectivity index (χ4v) is 0.958. The minimum Gasteiger partial charge on any atom is -0.204 e. The summed E-state index contributed by atoms with van der Waals surface area (Å²) < 4.78 is 25.3. The standard InChI is InChI=1S/C8H4ClF2N/c9-3-5-1-6(4-12)8(11)7(10)2-5/h1-2H,3H2. The summed E-state index contributed by atoms with van der Waals surface area (Å²) in [5, 5.41) is 8.36. The zero-order valence-corrected chi connectivity index (χ0v) is 6.70. The third kappa shape index (κ3) is 1.54. The lowest BCUT2D eigenvalue weighted by atomic mass is 10.1. The van der Waals surface area contributed by atoms with Gasteiger partial charge in [-0.25, -0.2) is 8.78 Å². The van der Waals surface area contributed by atoms with Gasteiger partial charge in [0.05, 0.1) is 5.56 Å². The van der Waals surface area contributed by atoms with E-state index in [1.54, 1.807) is 0 Å². The molecular weight excluding hydrogens is 184 g/mol. The van der Waals surface area contributed by atoms with Crippen LogP contribution in [0, 0.1) is 23.0 Å². The number of nitrogens with zero attached hydrogens (tertiary/aromatic N) is 1. The Hall–Kier alpha value is -1.14. The number of hydrogen-bond donors (Lipinski definition) is 0. The van der Waals surface area contributed by atoms with Crippen LogP contribution in [0.1, 0.15) is 11.1 Å². The molecule has 0 atom stereocenters. The summed E-state index contributed by atoms with van der Waals surface area (Å²) in [6.45, 7) is 0. The van der Waals surface area contributed by atoms with Gasteiger partial charge in [0, 0.05) is 5.88 Å². The van der Waals surface area contributed by atoms with Gasteiger partial charge in [0.2, 0.25) is 0 Å². The van der Waals surface area contributed by atoms with Crippen LogP contribution in [0.15, 0.2) is 12.1 Å². The van der Waals surface area contributed by atoms with Crippen LogP contribution >= 0.6 is 11.6 Å². The molecule has 0 saturated carbocycles. The molecule has 0 aliphatic carbocycles. The van der Waals surface area contributed by atoms with E-state index in [0.29, 0.717) is 5.56 Å². The third-order valence-corrected chi connectivity index (χ3v) is 1.67. The van der Waals surface area contributed by atoms with Crippen LogP contribution in [0.2, 0.25) is 0 Å². The van der Waals surface area contributed by atoms with Gasteiger partial charge in [0.15, 0.2) is 11.6 Å². The first kappa shape index (κ1) is 8.95. The van der Waals surface area contributed by atoms with Crippen molar-refractivity contribution in [2.24, 2.45) is 0 Å².